The molecule has 0 bridgehead atoms. The molecule has 1 heterocycles. The molecule has 0 aliphatic carbocycles. The highest BCUT2D eigenvalue weighted by atomic mass is 16.5. The Morgan fingerprint density at radius 3 is 2.76 bits per heavy atom. The highest BCUT2D eigenvalue weighted by Gasteiger charge is 2.02. The standard InChI is InChI=1S/C14H16N4O3/c1-9-6-13(19)17-14(16-9)18-15-8-10-7-11(20-2)4-5-12(10)21-3/h4-8H,1-3H3,(H2,16,17,18,19)/b15-8-. The first-order valence-corrected chi connectivity index (χ1v) is 6.21. The van der Waals surface area contributed by atoms with E-state index < -0.39 is 0 Å². The molecule has 0 unspecified atom stereocenters. The number of ether oxygens (including phenoxy) is 2. The van der Waals surface area contributed by atoms with Crippen LogP contribution in [0.5, 0.6) is 11.5 Å². The number of benzene rings is 1. The lowest BCUT2D eigenvalue weighted by atomic mass is 10.2. The van der Waals surface area contributed by atoms with E-state index in [4.69, 9.17) is 9.47 Å². The van der Waals surface area contributed by atoms with Gasteiger partial charge in [-0.3, -0.25) is 9.78 Å². The Labute approximate surface area is 121 Å². The Balaban J connectivity index is 2.19. The molecule has 2 aromatic rings. The van der Waals surface area contributed by atoms with Crippen LogP contribution in [0.2, 0.25) is 0 Å². The van der Waals surface area contributed by atoms with Gasteiger partial charge >= 0.3 is 0 Å². The van der Waals surface area contributed by atoms with E-state index >= 15 is 0 Å². The molecule has 0 spiro atoms. The molecule has 1 aromatic heterocycles. The van der Waals surface area contributed by atoms with Crippen LogP contribution in [0.1, 0.15) is 11.3 Å². The Morgan fingerprint density at radius 2 is 2.10 bits per heavy atom. The molecule has 0 atom stereocenters. The van der Waals surface area contributed by atoms with Crippen molar-refractivity contribution in [2.24, 2.45) is 5.10 Å². The minimum Gasteiger partial charge on any atom is -0.497 e. The molecule has 0 radical (unpaired) electrons. The van der Waals surface area contributed by atoms with Crippen molar-refractivity contribution in [1.82, 2.24) is 9.97 Å². The third-order valence-corrected chi connectivity index (χ3v) is 2.68. The Kier molecular flexibility index (Phi) is 4.55. The Hall–Kier alpha value is -2.83. The van der Waals surface area contributed by atoms with Gasteiger partial charge in [0.15, 0.2) is 0 Å². The zero-order valence-electron chi connectivity index (χ0n) is 12.0. The minimum absolute atomic E-state index is 0.237. The van der Waals surface area contributed by atoms with E-state index in [-0.39, 0.29) is 11.5 Å². The van der Waals surface area contributed by atoms with Crippen LogP contribution in [-0.2, 0) is 0 Å². The van der Waals surface area contributed by atoms with Crippen molar-refractivity contribution in [3.63, 3.8) is 0 Å². The van der Waals surface area contributed by atoms with Crippen molar-refractivity contribution in [3.8, 4) is 11.5 Å². The second-order valence-electron chi connectivity index (χ2n) is 4.21. The highest BCUT2D eigenvalue weighted by molar-refractivity contribution is 5.84. The lowest BCUT2D eigenvalue weighted by Gasteiger charge is -2.06. The third kappa shape index (κ3) is 3.82. The van der Waals surface area contributed by atoms with Crippen LogP contribution in [0, 0.1) is 6.92 Å². The number of nitrogens with one attached hydrogen (secondary N) is 2. The van der Waals surface area contributed by atoms with Crippen LogP contribution in [-0.4, -0.2) is 30.4 Å². The molecule has 110 valence electrons. The molecular formula is C14H16N4O3. The number of aromatic nitrogens is 2. The molecule has 0 amide bonds. The second-order valence-corrected chi connectivity index (χ2v) is 4.21. The molecule has 1 aromatic carbocycles. The second kappa shape index (κ2) is 6.56. The molecule has 2 N–H and O–H groups in total. The number of hydrazone groups is 1. The number of nitrogens with zero attached hydrogens (tertiary/aromatic N) is 2. The summed E-state index contributed by atoms with van der Waals surface area (Å²) in [5, 5.41) is 4.03. The minimum atomic E-state index is -0.237. The van der Waals surface area contributed by atoms with E-state index in [0.717, 1.165) is 5.56 Å². The lowest BCUT2D eigenvalue weighted by Crippen LogP contribution is -2.10. The zero-order chi connectivity index (χ0) is 15.2. The van der Waals surface area contributed by atoms with Gasteiger partial charge in [0.05, 0.1) is 20.4 Å². The maximum atomic E-state index is 11.3. The maximum Gasteiger partial charge on any atom is 0.252 e. The zero-order valence-corrected chi connectivity index (χ0v) is 12.0. The lowest BCUT2D eigenvalue weighted by molar-refractivity contribution is 0.402. The van der Waals surface area contributed by atoms with Crippen LogP contribution >= 0.6 is 0 Å². The summed E-state index contributed by atoms with van der Waals surface area (Å²) < 4.78 is 10.4. The summed E-state index contributed by atoms with van der Waals surface area (Å²) in [7, 11) is 3.16. The van der Waals surface area contributed by atoms with Gasteiger partial charge in [-0.1, -0.05) is 0 Å². The number of H-pyrrole nitrogens is 1. The average molecular weight is 288 g/mol. The fourth-order valence-corrected chi connectivity index (χ4v) is 1.74. The molecule has 21 heavy (non-hydrogen) atoms. The molecule has 0 aliphatic heterocycles. The van der Waals surface area contributed by atoms with Crippen molar-refractivity contribution < 1.29 is 9.47 Å². The number of hydrogen-bond acceptors (Lipinski definition) is 6. The van der Waals surface area contributed by atoms with Crippen LogP contribution in [0.3, 0.4) is 0 Å². The topological polar surface area (TPSA) is 88.6 Å². The van der Waals surface area contributed by atoms with E-state index in [1.54, 1.807) is 45.6 Å². The van der Waals surface area contributed by atoms with Crippen LogP contribution in [0.25, 0.3) is 0 Å². The molecule has 7 heteroatoms. The van der Waals surface area contributed by atoms with Gasteiger partial charge in [0.2, 0.25) is 5.95 Å². The average Bonchev–Trinajstić information content (AvgIpc) is 2.46. The molecule has 0 aliphatic rings. The third-order valence-electron chi connectivity index (χ3n) is 2.68. The summed E-state index contributed by atoms with van der Waals surface area (Å²) in [4.78, 5) is 17.9. The summed E-state index contributed by atoms with van der Waals surface area (Å²) in [6, 6.07) is 6.77. The summed E-state index contributed by atoms with van der Waals surface area (Å²) >= 11 is 0. The van der Waals surface area contributed by atoms with Gasteiger partial charge in [0, 0.05) is 17.3 Å². The van der Waals surface area contributed by atoms with E-state index in [1.165, 1.54) is 6.07 Å². The quantitative estimate of drug-likeness (QED) is 0.643. The van der Waals surface area contributed by atoms with Crippen molar-refractivity contribution in [2.45, 2.75) is 6.92 Å². The largest absolute Gasteiger partial charge is 0.497 e. The van der Waals surface area contributed by atoms with Gasteiger partial charge < -0.3 is 9.47 Å². The summed E-state index contributed by atoms with van der Waals surface area (Å²) in [5.41, 5.74) is 3.78. The monoisotopic (exact) mass is 288 g/mol. The first kappa shape index (κ1) is 14.6. The maximum absolute atomic E-state index is 11.3. The van der Waals surface area contributed by atoms with Crippen LogP contribution in [0.15, 0.2) is 34.2 Å². The molecular weight excluding hydrogens is 272 g/mol. The van der Waals surface area contributed by atoms with E-state index in [9.17, 15) is 4.79 Å². The Bertz CT molecular complexity index is 710. The fraction of sp³-hybridized carbons (Fsp3) is 0.214. The molecule has 0 fully saturated rings. The highest BCUT2D eigenvalue weighted by Crippen LogP contribution is 2.22. The van der Waals surface area contributed by atoms with Gasteiger partial charge in [0.1, 0.15) is 11.5 Å². The van der Waals surface area contributed by atoms with Crippen molar-refractivity contribution >= 4 is 12.2 Å². The molecule has 7 nitrogen and oxygen atoms in total. The number of aromatic amines is 1. The fourth-order valence-electron chi connectivity index (χ4n) is 1.74. The normalized spacial score (nSPS) is 10.6. The molecule has 0 saturated carbocycles. The number of rotatable bonds is 5. The number of methoxy groups -OCH3 is 2. The summed E-state index contributed by atoms with van der Waals surface area (Å²) in [6.07, 6.45) is 1.56. The predicted octanol–water partition coefficient (Wildman–Crippen LogP) is 1.54. The Morgan fingerprint density at radius 1 is 1.29 bits per heavy atom. The molecule has 2 rings (SSSR count). The van der Waals surface area contributed by atoms with E-state index in [1.807, 2.05) is 0 Å². The van der Waals surface area contributed by atoms with Crippen molar-refractivity contribution in [3.05, 3.63) is 45.9 Å². The van der Waals surface area contributed by atoms with Gasteiger partial charge in [-0.2, -0.15) is 5.10 Å². The number of hydrogen-bond donors (Lipinski definition) is 2. The number of anilines is 1. The van der Waals surface area contributed by atoms with Gasteiger partial charge in [-0.15, -0.1) is 0 Å². The van der Waals surface area contributed by atoms with Gasteiger partial charge in [0.25, 0.3) is 5.56 Å². The van der Waals surface area contributed by atoms with Crippen molar-refractivity contribution in [1.29, 1.82) is 0 Å². The first-order valence-electron chi connectivity index (χ1n) is 6.21. The van der Waals surface area contributed by atoms with E-state index in [0.29, 0.717) is 17.2 Å². The predicted molar refractivity (Wildman–Crippen MR) is 80.4 cm³/mol. The SMILES string of the molecule is COc1ccc(OC)c(/C=N\Nc2nc(C)cc(=O)[nH]2)c1. The van der Waals surface area contributed by atoms with Crippen molar-refractivity contribution in [2.75, 3.05) is 19.6 Å². The van der Waals surface area contributed by atoms with Crippen LogP contribution in [0.4, 0.5) is 5.95 Å². The number of aryl methyl sites for hydroxylation is 1. The van der Waals surface area contributed by atoms with Gasteiger partial charge in [-0.25, -0.2) is 10.4 Å². The van der Waals surface area contributed by atoms with Gasteiger partial charge in [-0.05, 0) is 25.1 Å². The molecule has 0 saturated heterocycles. The van der Waals surface area contributed by atoms with E-state index in [2.05, 4.69) is 20.5 Å². The summed E-state index contributed by atoms with van der Waals surface area (Å²) in [6.45, 7) is 1.73. The van der Waals surface area contributed by atoms with Crippen LogP contribution < -0.4 is 20.5 Å². The smallest absolute Gasteiger partial charge is 0.252 e. The summed E-state index contributed by atoms with van der Waals surface area (Å²) in [5.74, 6) is 1.63. The first-order chi connectivity index (χ1) is 10.1.